The smallest absolute Gasteiger partial charge is 0.160 e. The Kier molecular flexibility index (Phi) is 4.11. The highest BCUT2D eigenvalue weighted by Crippen LogP contribution is 2.31. The summed E-state index contributed by atoms with van der Waals surface area (Å²) in [5, 5.41) is 9.87. The molecule has 0 unspecified atom stereocenters. The molecule has 2 aliphatic rings. The van der Waals surface area contributed by atoms with Gasteiger partial charge in [0.1, 0.15) is 6.07 Å². The molecule has 0 bridgehead atoms. The van der Waals surface area contributed by atoms with Gasteiger partial charge in [0.2, 0.25) is 0 Å². The van der Waals surface area contributed by atoms with Crippen molar-refractivity contribution in [2.45, 2.75) is 19.1 Å². The van der Waals surface area contributed by atoms with E-state index < -0.39 is 0 Å². The molecule has 0 aromatic heterocycles. The monoisotopic (exact) mass is 292 g/mol. The number of nitriles is 1. The van der Waals surface area contributed by atoms with Gasteiger partial charge in [-0.2, -0.15) is 5.26 Å². The lowest BCUT2D eigenvalue weighted by Crippen LogP contribution is -2.38. The Bertz CT molecular complexity index is 515. The molecule has 0 N–H and O–H groups in total. The van der Waals surface area contributed by atoms with E-state index in [4.69, 9.17) is 21.1 Å². The number of benzene rings is 1. The fourth-order valence-electron chi connectivity index (χ4n) is 2.92. The average Bonchev–Trinajstić information content (AvgIpc) is 3.02. The number of nitrogens with zero attached hydrogens (tertiary/aromatic N) is 2. The zero-order chi connectivity index (χ0) is 13.9. The van der Waals surface area contributed by atoms with Crippen LogP contribution in [0.15, 0.2) is 18.2 Å². The van der Waals surface area contributed by atoms with Crippen molar-refractivity contribution in [3.63, 3.8) is 0 Å². The lowest BCUT2D eigenvalue weighted by atomic mass is 9.95. The van der Waals surface area contributed by atoms with Gasteiger partial charge in [0.15, 0.2) is 6.29 Å². The second-order valence-corrected chi connectivity index (χ2v) is 5.64. The van der Waals surface area contributed by atoms with Crippen molar-refractivity contribution in [1.29, 1.82) is 5.26 Å². The fraction of sp³-hybridized carbons (Fsp3) is 0.533. The largest absolute Gasteiger partial charge is 0.370 e. The van der Waals surface area contributed by atoms with Gasteiger partial charge in [-0.3, -0.25) is 0 Å². The molecule has 2 fully saturated rings. The summed E-state index contributed by atoms with van der Waals surface area (Å²) < 4.78 is 11.2. The number of hydrogen-bond acceptors (Lipinski definition) is 4. The van der Waals surface area contributed by atoms with Crippen LogP contribution < -0.4 is 4.90 Å². The van der Waals surface area contributed by atoms with Crippen LogP contribution in [0.1, 0.15) is 18.4 Å². The first kappa shape index (κ1) is 13.7. The number of ether oxygens (including phenoxy) is 2. The summed E-state index contributed by atoms with van der Waals surface area (Å²) in [6.45, 7) is 3.22. The molecule has 5 heteroatoms. The van der Waals surface area contributed by atoms with E-state index in [1.165, 1.54) is 0 Å². The first-order valence-corrected chi connectivity index (χ1v) is 7.33. The second kappa shape index (κ2) is 6.01. The minimum atomic E-state index is -0.0352. The van der Waals surface area contributed by atoms with Crippen molar-refractivity contribution in [3.05, 3.63) is 28.8 Å². The van der Waals surface area contributed by atoms with Crippen molar-refractivity contribution < 1.29 is 9.47 Å². The van der Waals surface area contributed by atoms with Crippen LogP contribution in [0.2, 0.25) is 5.02 Å². The highest BCUT2D eigenvalue weighted by Gasteiger charge is 2.30. The van der Waals surface area contributed by atoms with Crippen LogP contribution in [0.5, 0.6) is 0 Å². The van der Waals surface area contributed by atoms with Crippen LogP contribution in [0.3, 0.4) is 0 Å². The Morgan fingerprint density at radius 2 is 1.90 bits per heavy atom. The fourth-order valence-corrected chi connectivity index (χ4v) is 3.09. The van der Waals surface area contributed by atoms with Gasteiger partial charge in [0.05, 0.1) is 24.5 Å². The third kappa shape index (κ3) is 2.76. The Morgan fingerprint density at radius 1 is 1.20 bits per heavy atom. The zero-order valence-corrected chi connectivity index (χ0v) is 12.0. The van der Waals surface area contributed by atoms with Crippen LogP contribution in [0.4, 0.5) is 5.69 Å². The van der Waals surface area contributed by atoms with E-state index in [9.17, 15) is 5.26 Å². The van der Waals surface area contributed by atoms with Gasteiger partial charge in [-0.1, -0.05) is 11.6 Å². The Labute approximate surface area is 123 Å². The van der Waals surface area contributed by atoms with Gasteiger partial charge < -0.3 is 14.4 Å². The van der Waals surface area contributed by atoms with Crippen molar-refractivity contribution in [1.82, 2.24) is 0 Å². The van der Waals surface area contributed by atoms with Crippen molar-refractivity contribution in [2.75, 3.05) is 31.2 Å². The van der Waals surface area contributed by atoms with Gasteiger partial charge in [0.25, 0.3) is 0 Å². The first-order valence-electron chi connectivity index (χ1n) is 6.96. The van der Waals surface area contributed by atoms with Crippen molar-refractivity contribution in [3.8, 4) is 6.07 Å². The van der Waals surface area contributed by atoms with Crippen LogP contribution in [-0.4, -0.2) is 32.6 Å². The minimum Gasteiger partial charge on any atom is -0.370 e. The third-order valence-electron chi connectivity index (χ3n) is 3.99. The van der Waals surface area contributed by atoms with E-state index in [2.05, 4.69) is 11.0 Å². The van der Waals surface area contributed by atoms with Gasteiger partial charge in [-0.25, -0.2) is 0 Å². The molecule has 20 heavy (non-hydrogen) atoms. The number of halogens is 1. The maximum Gasteiger partial charge on any atom is 0.160 e. The molecule has 3 rings (SSSR count). The quantitative estimate of drug-likeness (QED) is 0.841. The molecule has 2 saturated heterocycles. The molecule has 106 valence electrons. The maximum absolute atomic E-state index is 9.20. The predicted octanol–water partition coefficient (Wildman–Crippen LogP) is 2.80. The van der Waals surface area contributed by atoms with Crippen LogP contribution >= 0.6 is 11.6 Å². The molecular weight excluding hydrogens is 276 g/mol. The van der Waals surface area contributed by atoms with Gasteiger partial charge in [0, 0.05) is 24.0 Å². The number of rotatable bonds is 2. The maximum atomic E-state index is 9.20. The molecule has 0 radical (unpaired) electrons. The normalized spacial score (nSPS) is 21.1. The highest BCUT2D eigenvalue weighted by atomic mass is 35.5. The second-order valence-electron chi connectivity index (χ2n) is 5.21. The van der Waals surface area contributed by atoms with E-state index in [-0.39, 0.29) is 6.29 Å². The molecule has 1 aromatic carbocycles. The van der Waals surface area contributed by atoms with E-state index >= 15 is 0 Å². The van der Waals surface area contributed by atoms with Gasteiger partial charge >= 0.3 is 0 Å². The van der Waals surface area contributed by atoms with E-state index in [1.54, 1.807) is 12.1 Å². The topological polar surface area (TPSA) is 45.5 Å². The van der Waals surface area contributed by atoms with Gasteiger partial charge in [-0.05, 0) is 31.0 Å². The summed E-state index contributed by atoms with van der Waals surface area (Å²) in [6.07, 6.45) is 2.00. The molecule has 0 saturated carbocycles. The minimum absolute atomic E-state index is 0.0352. The zero-order valence-electron chi connectivity index (χ0n) is 11.2. The number of piperidine rings is 1. The summed E-state index contributed by atoms with van der Waals surface area (Å²) in [5.74, 6) is 0.457. The van der Waals surface area contributed by atoms with E-state index in [0.717, 1.165) is 31.6 Å². The average molecular weight is 293 g/mol. The summed E-state index contributed by atoms with van der Waals surface area (Å²) in [7, 11) is 0. The van der Waals surface area contributed by atoms with Crippen molar-refractivity contribution in [2.24, 2.45) is 5.92 Å². The van der Waals surface area contributed by atoms with Crippen LogP contribution in [-0.2, 0) is 9.47 Å². The molecule has 0 spiro atoms. The molecule has 2 aliphatic heterocycles. The lowest BCUT2D eigenvalue weighted by Gasteiger charge is -2.35. The van der Waals surface area contributed by atoms with Crippen LogP contribution in [0.25, 0.3) is 0 Å². The Hall–Kier alpha value is -1.28. The lowest BCUT2D eigenvalue weighted by molar-refractivity contribution is -0.0889. The Morgan fingerprint density at radius 3 is 2.55 bits per heavy atom. The van der Waals surface area contributed by atoms with Crippen LogP contribution in [0, 0.1) is 17.2 Å². The molecule has 0 amide bonds. The molecule has 2 heterocycles. The SMILES string of the molecule is N#Cc1ccc(Cl)cc1N1CCC(C2OCCO2)CC1. The summed E-state index contributed by atoms with van der Waals surface area (Å²) >= 11 is 6.05. The summed E-state index contributed by atoms with van der Waals surface area (Å²) in [5.41, 5.74) is 1.62. The van der Waals surface area contributed by atoms with Gasteiger partial charge in [-0.15, -0.1) is 0 Å². The standard InChI is InChI=1S/C15H17ClN2O2/c16-13-2-1-12(10-17)14(9-13)18-5-3-11(4-6-18)15-19-7-8-20-15/h1-2,9,11,15H,3-8H2. The Balaban J connectivity index is 1.69. The molecule has 1 aromatic rings. The first-order chi connectivity index (χ1) is 9.78. The number of hydrogen-bond donors (Lipinski definition) is 0. The third-order valence-corrected chi connectivity index (χ3v) is 4.23. The summed E-state index contributed by atoms with van der Waals surface area (Å²) in [6, 6.07) is 7.66. The van der Waals surface area contributed by atoms with Crippen molar-refractivity contribution >= 4 is 17.3 Å². The number of anilines is 1. The molecule has 0 aliphatic carbocycles. The molecular formula is C15H17ClN2O2. The highest BCUT2D eigenvalue weighted by molar-refractivity contribution is 6.30. The predicted molar refractivity (Wildman–Crippen MR) is 76.8 cm³/mol. The molecule has 0 atom stereocenters. The van der Waals surface area contributed by atoms with E-state index in [0.29, 0.717) is 29.7 Å². The summed E-state index contributed by atoms with van der Waals surface area (Å²) in [4.78, 5) is 2.23. The molecule has 4 nitrogen and oxygen atoms in total. The van der Waals surface area contributed by atoms with E-state index in [1.807, 2.05) is 6.07 Å².